The highest BCUT2D eigenvalue weighted by Crippen LogP contribution is 2.24. The summed E-state index contributed by atoms with van der Waals surface area (Å²) in [6, 6.07) is 5.77. The number of halogens is 1. The molecule has 1 aliphatic heterocycles. The minimum absolute atomic E-state index is 0.0360. The number of rotatable bonds is 3. The van der Waals surface area contributed by atoms with Gasteiger partial charge in [-0.15, -0.1) is 0 Å². The van der Waals surface area contributed by atoms with Gasteiger partial charge >= 0.3 is 0 Å². The zero-order valence-corrected chi connectivity index (χ0v) is 9.66. The first-order chi connectivity index (χ1) is 7.61. The number of fused-ring (bicyclic) bond motifs is 1. The predicted octanol–water partition coefficient (Wildman–Crippen LogP) is 2.70. The Morgan fingerprint density at radius 1 is 1.50 bits per heavy atom. The van der Waals surface area contributed by atoms with Crippen molar-refractivity contribution in [1.82, 2.24) is 4.90 Å². The highest BCUT2D eigenvalue weighted by molar-refractivity contribution is 5.98. The highest BCUT2D eigenvalue weighted by atomic mass is 19.1. The number of nitrogens with zero attached hydrogens (tertiary/aromatic N) is 1. The largest absolute Gasteiger partial charge is 0.331 e. The summed E-state index contributed by atoms with van der Waals surface area (Å²) in [7, 11) is 0. The van der Waals surface area contributed by atoms with E-state index in [0.29, 0.717) is 13.0 Å². The number of carbonyl (C=O) groups excluding carboxylic acids is 1. The van der Waals surface area contributed by atoms with Crippen molar-refractivity contribution in [1.29, 1.82) is 0 Å². The lowest BCUT2D eigenvalue weighted by Gasteiger charge is -2.17. The number of carbonyl (C=O) groups is 1. The summed E-state index contributed by atoms with van der Waals surface area (Å²) in [4.78, 5) is 13.5. The number of aryl methyl sites for hydroxylation is 1. The Balaban J connectivity index is 2.17. The van der Waals surface area contributed by atoms with Gasteiger partial charge in [-0.05, 0) is 25.0 Å². The third-order valence-electron chi connectivity index (χ3n) is 3.00. The molecule has 86 valence electrons. The molecule has 2 rings (SSSR count). The lowest BCUT2D eigenvalue weighted by atomic mass is 10.1. The maximum Gasteiger partial charge on any atom is 0.254 e. The van der Waals surface area contributed by atoms with Crippen LogP contribution in [0.2, 0.25) is 0 Å². The van der Waals surface area contributed by atoms with E-state index in [1.807, 2.05) is 25.1 Å². The Kier molecular flexibility index (Phi) is 2.95. The molecule has 1 heterocycles. The van der Waals surface area contributed by atoms with Gasteiger partial charge in [-0.2, -0.15) is 0 Å². The van der Waals surface area contributed by atoms with Crippen LogP contribution in [0, 0.1) is 6.92 Å². The van der Waals surface area contributed by atoms with Crippen LogP contribution in [-0.2, 0) is 6.54 Å². The zero-order valence-electron chi connectivity index (χ0n) is 9.66. The van der Waals surface area contributed by atoms with Gasteiger partial charge in [-0.25, -0.2) is 4.39 Å². The van der Waals surface area contributed by atoms with Crippen LogP contribution in [0.25, 0.3) is 0 Å². The third-order valence-corrected chi connectivity index (χ3v) is 3.00. The lowest BCUT2D eigenvalue weighted by Crippen LogP contribution is -2.30. The fourth-order valence-corrected chi connectivity index (χ4v) is 2.03. The first kappa shape index (κ1) is 11.1. The average Bonchev–Trinajstić information content (AvgIpc) is 2.55. The van der Waals surface area contributed by atoms with Gasteiger partial charge in [-0.3, -0.25) is 4.79 Å². The topological polar surface area (TPSA) is 20.3 Å². The molecule has 0 aliphatic carbocycles. The fraction of sp³-hybridized carbons (Fsp3) is 0.462. The molecule has 0 N–H and O–H groups in total. The van der Waals surface area contributed by atoms with E-state index in [2.05, 4.69) is 0 Å². The number of alkyl halides is 1. The lowest BCUT2D eigenvalue weighted by molar-refractivity contribution is 0.0730. The van der Waals surface area contributed by atoms with Crippen LogP contribution in [-0.4, -0.2) is 23.5 Å². The van der Waals surface area contributed by atoms with Crippen molar-refractivity contribution in [3.63, 3.8) is 0 Å². The molecule has 1 aromatic carbocycles. The van der Waals surface area contributed by atoms with Crippen LogP contribution in [0.5, 0.6) is 0 Å². The van der Waals surface area contributed by atoms with Crippen molar-refractivity contribution in [3.05, 3.63) is 34.9 Å². The summed E-state index contributed by atoms with van der Waals surface area (Å²) in [5.41, 5.74) is 2.89. The summed E-state index contributed by atoms with van der Waals surface area (Å²) >= 11 is 0. The van der Waals surface area contributed by atoms with E-state index in [0.717, 1.165) is 16.7 Å². The predicted molar refractivity (Wildman–Crippen MR) is 61.1 cm³/mol. The summed E-state index contributed by atoms with van der Waals surface area (Å²) < 4.78 is 13.3. The Labute approximate surface area is 95.1 Å². The fourth-order valence-electron chi connectivity index (χ4n) is 2.03. The van der Waals surface area contributed by atoms with E-state index in [4.69, 9.17) is 0 Å². The van der Waals surface area contributed by atoms with E-state index in [1.54, 1.807) is 11.8 Å². The number of benzene rings is 1. The number of amides is 1. The third kappa shape index (κ3) is 1.94. The molecule has 1 atom stereocenters. The van der Waals surface area contributed by atoms with E-state index >= 15 is 0 Å². The standard InChI is InChI=1S/C13H16FNO/c1-3-11(14)8-15-7-10-6-9(2)4-5-12(10)13(15)16/h4-6,11H,3,7-8H2,1-2H3. The van der Waals surface area contributed by atoms with Crippen molar-refractivity contribution in [3.8, 4) is 0 Å². The molecule has 0 saturated carbocycles. The minimum Gasteiger partial charge on any atom is -0.331 e. The molecule has 0 saturated heterocycles. The van der Waals surface area contributed by atoms with E-state index < -0.39 is 6.17 Å². The van der Waals surface area contributed by atoms with Crippen LogP contribution in [0.1, 0.15) is 34.8 Å². The molecule has 3 heteroatoms. The molecule has 0 aromatic heterocycles. The average molecular weight is 221 g/mol. The van der Waals surface area contributed by atoms with Crippen LogP contribution < -0.4 is 0 Å². The molecule has 0 fully saturated rings. The molecule has 1 amide bonds. The molecule has 1 aliphatic rings. The first-order valence-corrected chi connectivity index (χ1v) is 5.64. The molecule has 0 bridgehead atoms. The first-order valence-electron chi connectivity index (χ1n) is 5.64. The normalized spacial score (nSPS) is 16.4. The van der Waals surface area contributed by atoms with Gasteiger partial charge in [0, 0.05) is 12.1 Å². The SMILES string of the molecule is CCC(F)CN1Cc2cc(C)ccc2C1=O. The number of hydrogen-bond acceptors (Lipinski definition) is 1. The molecular weight excluding hydrogens is 205 g/mol. The molecule has 1 aromatic rings. The smallest absolute Gasteiger partial charge is 0.254 e. The number of hydrogen-bond donors (Lipinski definition) is 0. The van der Waals surface area contributed by atoms with Crippen LogP contribution in [0.3, 0.4) is 0 Å². The maximum atomic E-state index is 13.3. The van der Waals surface area contributed by atoms with Gasteiger partial charge in [0.15, 0.2) is 0 Å². The molecule has 0 radical (unpaired) electrons. The van der Waals surface area contributed by atoms with Gasteiger partial charge in [0.05, 0.1) is 6.54 Å². The second-order valence-electron chi connectivity index (χ2n) is 4.35. The second-order valence-corrected chi connectivity index (χ2v) is 4.35. The second kappa shape index (κ2) is 4.24. The van der Waals surface area contributed by atoms with E-state index in [9.17, 15) is 9.18 Å². The van der Waals surface area contributed by atoms with Crippen LogP contribution in [0.4, 0.5) is 4.39 Å². The van der Waals surface area contributed by atoms with Gasteiger partial charge in [0.2, 0.25) is 0 Å². The highest BCUT2D eigenvalue weighted by Gasteiger charge is 2.28. The van der Waals surface area contributed by atoms with Gasteiger partial charge in [0.25, 0.3) is 5.91 Å². The Hall–Kier alpha value is -1.38. The minimum atomic E-state index is -0.917. The van der Waals surface area contributed by atoms with Gasteiger partial charge in [0.1, 0.15) is 6.17 Å². The van der Waals surface area contributed by atoms with Crippen molar-refractivity contribution in [2.24, 2.45) is 0 Å². The monoisotopic (exact) mass is 221 g/mol. The van der Waals surface area contributed by atoms with Crippen LogP contribution >= 0.6 is 0 Å². The molecule has 0 spiro atoms. The summed E-state index contributed by atoms with van der Waals surface area (Å²) in [6.07, 6.45) is -0.460. The Morgan fingerprint density at radius 2 is 2.25 bits per heavy atom. The molecular formula is C13H16FNO. The van der Waals surface area contributed by atoms with Crippen molar-refractivity contribution in [2.75, 3.05) is 6.54 Å². The molecule has 16 heavy (non-hydrogen) atoms. The van der Waals surface area contributed by atoms with Crippen LogP contribution in [0.15, 0.2) is 18.2 Å². The van der Waals surface area contributed by atoms with Crippen molar-refractivity contribution in [2.45, 2.75) is 33.0 Å². The quantitative estimate of drug-likeness (QED) is 0.768. The van der Waals surface area contributed by atoms with Crippen molar-refractivity contribution >= 4 is 5.91 Å². The van der Waals surface area contributed by atoms with E-state index in [1.165, 1.54) is 0 Å². The summed E-state index contributed by atoms with van der Waals surface area (Å²) in [6.45, 7) is 4.55. The van der Waals surface area contributed by atoms with Crippen molar-refractivity contribution < 1.29 is 9.18 Å². The zero-order chi connectivity index (χ0) is 11.7. The molecule has 1 unspecified atom stereocenters. The Morgan fingerprint density at radius 3 is 2.94 bits per heavy atom. The Bertz CT molecular complexity index is 416. The van der Waals surface area contributed by atoms with Gasteiger partial charge in [-0.1, -0.05) is 24.6 Å². The van der Waals surface area contributed by atoms with E-state index in [-0.39, 0.29) is 12.5 Å². The van der Waals surface area contributed by atoms with Gasteiger partial charge < -0.3 is 4.90 Å². The summed E-state index contributed by atoms with van der Waals surface area (Å²) in [5, 5.41) is 0. The molecule has 2 nitrogen and oxygen atoms in total. The summed E-state index contributed by atoms with van der Waals surface area (Å²) in [5.74, 6) is -0.0360. The maximum absolute atomic E-state index is 13.3.